The van der Waals surface area contributed by atoms with Crippen molar-refractivity contribution in [3.63, 3.8) is 0 Å². The first kappa shape index (κ1) is 16.6. The van der Waals surface area contributed by atoms with Gasteiger partial charge in [-0.15, -0.1) is 0 Å². The van der Waals surface area contributed by atoms with Crippen molar-refractivity contribution in [1.82, 2.24) is 4.90 Å². The minimum Gasteiger partial charge on any atom is -0.497 e. The maximum Gasteiger partial charge on any atom is 0.321 e. The Morgan fingerprint density at radius 3 is 2.52 bits per heavy atom. The van der Waals surface area contributed by atoms with Crippen LogP contribution in [0.25, 0.3) is 0 Å². The Hall–Kier alpha value is -2.44. The molecule has 0 aromatic heterocycles. The van der Waals surface area contributed by atoms with Crippen LogP contribution in [0.3, 0.4) is 0 Å². The fourth-order valence-electron chi connectivity index (χ4n) is 1.74. The molecule has 0 saturated heterocycles. The molecular formula is C14H20N2O5. The molecule has 1 rings (SSSR count). The first-order chi connectivity index (χ1) is 10.0. The molecule has 0 fully saturated rings. The third-order valence-corrected chi connectivity index (χ3v) is 2.91. The van der Waals surface area contributed by atoms with E-state index in [0.29, 0.717) is 23.7 Å². The van der Waals surface area contributed by atoms with Crippen LogP contribution in [0, 0.1) is 0 Å². The van der Waals surface area contributed by atoms with Crippen LogP contribution in [0.15, 0.2) is 18.2 Å². The van der Waals surface area contributed by atoms with Gasteiger partial charge in [0.15, 0.2) is 0 Å². The van der Waals surface area contributed by atoms with Gasteiger partial charge in [-0.25, -0.2) is 4.79 Å². The van der Waals surface area contributed by atoms with E-state index in [1.165, 1.54) is 19.1 Å². The number of aliphatic carboxylic acids is 1. The lowest BCUT2D eigenvalue weighted by Crippen LogP contribution is -2.36. The van der Waals surface area contributed by atoms with Crippen molar-refractivity contribution in [1.29, 1.82) is 0 Å². The summed E-state index contributed by atoms with van der Waals surface area (Å²) >= 11 is 0. The van der Waals surface area contributed by atoms with Crippen molar-refractivity contribution in [3.05, 3.63) is 18.2 Å². The Morgan fingerprint density at radius 1 is 1.29 bits per heavy atom. The summed E-state index contributed by atoms with van der Waals surface area (Å²) in [4.78, 5) is 24.1. The largest absolute Gasteiger partial charge is 0.497 e. The van der Waals surface area contributed by atoms with Crippen molar-refractivity contribution in [2.45, 2.75) is 13.3 Å². The zero-order valence-electron chi connectivity index (χ0n) is 12.4. The number of urea groups is 1. The van der Waals surface area contributed by atoms with Gasteiger partial charge in [0.25, 0.3) is 0 Å². The van der Waals surface area contributed by atoms with E-state index in [1.54, 1.807) is 25.1 Å². The molecule has 0 unspecified atom stereocenters. The van der Waals surface area contributed by atoms with Gasteiger partial charge in [-0.2, -0.15) is 0 Å². The zero-order valence-corrected chi connectivity index (χ0v) is 12.4. The third-order valence-electron chi connectivity index (χ3n) is 2.91. The Morgan fingerprint density at radius 2 is 2.00 bits per heavy atom. The number of carbonyl (C=O) groups excluding carboxylic acids is 1. The molecule has 21 heavy (non-hydrogen) atoms. The van der Waals surface area contributed by atoms with Crippen molar-refractivity contribution >= 4 is 17.7 Å². The summed E-state index contributed by atoms with van der Waals surface area (Å²) in [6.07, 6.45) is -0.101. The number of hydrogen-bond acceptors (Lipinski definition) is 4. The quantitative estimate of drug-likeness (QED) is 0.803. The van der Waals surface area contributed by atoms with Crippen LogP contribution in [0.5, 0.6) is 11.5 Å². The van der Waals surface area contributed by atoms with Gasteiger partial charge in [-0.3, -0.25) is 4.79 Å². The zero-order chi connectivity index (χ0) is 15.8. The highest BCUT2D eigenvalue weighted by Gasteiger charge is 2.15. The van der Waals surface area contributed by atoms with E-state index in [0.717, 1.165) is 0 Å². The monoisotopic (exact) mass is 296 g/mol. The number of nitrogens with one attached hydrogen (secondary N) is 1. The number of rotatable bonds is 7. The second kappa shape index (κ2) is 7.98. The van der Waals surface area contributed by atoms with E-state index >= 15 is 0 Å². The summed E-state index contributed by atoms with van der Waals surface area (Å²) < 4.78 is 10.3. The number of methoxy groups -OCH3 is 2. The van der Waals surface area contributed by atoms with Gasteiger partial charge >= 0.3 is 12.0 Å². The lowest BCUT2D eigenvalue weighted by molar-refractivity contribution is -0.137. The molecule has 0 atom stereocenters. The predicted molar refractivity (Wildman–Crippen MR) is 78.1 cm³/mol. The van der Waals surface area contributed by atoms with Gasteiger partial charge in [0.2, 0.25) is 0 Å². The van der Waals surface area contributed by atoms with Crippen LogP contribution < -0.4 is 14.8 Å². The molecule has 0 aliphatic rings. The molecule has 0 aliphatic heterocycles. The van der Waals surface area contributed by atoms with Crippen LogP contribution in [-0.4, -0.2) is 49.3 Å². The second-order valence-electron chi connectivity index (χ2n) is 4.22. The standard InChI is InChI=1S/C14H20N2O5/c1-4-16(8-7-13(17)18)14(19)15-11-9-10(20-2)5-6-12(11)21-3/h5-6,9H,4,7-8H2,1-3H3,(H,15,19)(H,17,18). The fraction of sp³-hybridized carbons (Fsp3) is 0.429. The van der Waals surface area contributed by atoms with Gasteiger partial charge in [-0.1, -0.05) is 0 Å². The summed E-state index contributed by atoms with van der Waals surface area (Å²) in [6, 6.07) is 4.66. The summed E-state index contributed by atoms with van der Waals surface area (Å²) in [6.45, 7) is 2.33. The van der Waals surface area contributed by atoms with E-state index in [4.69, 9.17) is 14.6 Å². The average molecular weight is 296 g/mol. The summed E-state index contributed by atoms with van der Waals surface area (Å²) in [5, 5.41) is 11.4. The molecule has 0 heterocycles. The molecule has 0 radical (unpaired) electrons. The Bertz CT molecular complexity index is 504. The number of carboxylic acids is 1. The van der Waals surface area contributed by atoms with Gasteiger partial charge in [0, 0.05) is 19.2 Å². The smallest absolute Gasteiger partial charge is 0.321 e. The van der Waals surface area contributed by atoms with E-state index in [-0.39, 0.29) is 19.0 Å². The number of benzene rings is 1. The summed E-state index contributed by atoms with van der Waals surface area (Å²) in [5.41, 5.74) is 0.468. The highest BCUT2D eigenvalue weighted by molar-refractivity contribution is 5.91. The second-order valence-corrected chi connectivity index (χ2v) is 4.22. The van der Waals surface area contributed by atoms with Crippen molar-refractivity contribution in [3.8, 4) is 11.5 Å². The van der Waals surface area contributed by atoms with Crippen LogP contribution in [0.4, 0.5) is 10.5 Å². The van der Waals surface area contributed by atoms with Crippen molar-refractivity contribution < 1.29 is 24.2 Å². The Balaban J connectivity index is 2.82. The summed E-state index contributed by atoms with van der Waals surface area (Å²) in [5.74, 6) is 0.137. The number of anilines is 1. The molecule has 116 valence electrons. The number of ether oxygens (including phenoxy) is 2. The highest BCUT2D eigenvalue weighted by atomic mass is 16.5. The molecule has 1 aromatic carbocycles. The van der Waals surface area contributed by atoms with Gasteiger partial charge in [0.1, 0.15) is 11.5 Å². The first-order valence-corrected chi connectivity index (χ1v) is 6.51. The Labute approximate surface area is 123 Å². The van der Waals surface area contributed by atoms with Crippen LogP contribution in [-0.2, 0) is 4.79 Å². The lowest BCUT2D eigenvalue weighted by atomic mass is 10.2. The third kappa shape index (κ3) is 4.87. The van der Waals surface area contributed by atoms with Crippen LogP contribution >= 0.6 is 0 Å². The molecule has 7 nitrogen and oxygen atoms in total. The van der Waals surface area contributed by atoms with Crippen molar-refractivity contribution in [2.24, 2.45) is 0 Å². The van der Waals surface area contributed by atoms with E-state index in [1.807, 2.05) is 0 Å². The number of carboxylic acid groups (broad SMARTS) is 1. The minimum atomic E-state index is -0.944. The minimum absolute atomic E-state index is 0.101. The molecule has 7 heteroatoms. The molecule has 2 amide bonds. The number of hydrogen-bond donors (Lipinski definition) is 2. The number of nitrogens with zero attached hydrogens (tertiary/aromatic N) is 1. The molecular weight excluding hydrogens is 276 g/mol. The van der Waals surface area contributed by atoms with Gasteiger partial charge in [-0.05, 0) is 19.1 Å². The summed E-state index contributed by atoms with van der Waals surface area (Å²) in [7, 11) is 3.03. The van der Waals surface area contributed by atoms with Gasteiger partial charge in [0.05, 0.1) is 26.3 Å². The van der Waals surface area contributed by atoms with Gasteiger partial charge < -0.3 is 24.8 Å². The first-order valence-electron chi connectivity index (χ1n) is 6.51. The fourth-order valence-corrected chi connectivity index (χ4v) is 1.74. The number of carbonyl (C=O) groups is 2. The molecule has 0 aliphatic carbocycles. The molecule has 1 aromatic rings. The Kier molecular flexibility index (Phi) is 6.32. The van der Waals surface area contributed by atoms with E-state index in [9.17, 15) is 9.59 Å². The van der Waals surface area contributed by atoms with E-state index < -0.39 is 5.97 Å². The predicted octanol–water partition coefficient (Wildman–Crippen LogP) is 2.03. The molecule has 0 spiro atoms. The lowest BCUT2D eigenvalue weighted by Gasteiger charge is -2.21. The SMILES string of the molecule is CCN(CCC(=O)O)C(=O)Nc1cc(OC)ccc1OC. The highest BCUT2D eigenvalue weighted by Crippen LogP contribution is 2.29. The molecule has 0 saturated carbocycles. The van der Waals surface area contributed by atoms with E-state index in [2.05, 4.69) is 5.32 Å². The maximum atomic E-state index is 12.1. The maximum absolute atomic E-state index is 12.1. The molecule has 0 bridgehead atoms. The average Bonchev–Trinajstić information content (AvgIpc) is 2.47. The molecule has 2 N–H and O–H groups in total. The topological polar surface area (TPSA) is 88.1 Å². The number of amides is 2. The normalized spacial score (nSPS) is 9.86. The van der Waals surface area contributed by atoms with Crippen LogP contribution in [0.1, 0.15) is 13.3 Å². The van der Waals surface area contributed by atoms with Crippen molar-refractivity contribution in [2.75, 3.05) is 32.6 Å². The van der Waals surface area contributed by atoms with Crippen LogP contribution in [0.2, 0.25) is 0 Å².